The second-order valence-corrected chi connectivity index (χ2v) is 7.11. The summed E-state index contributed by atoms with van der Waals surface area (Å²) in [5, 5.41) is 16.7. The van der Waals surface area contributed by atoms with E-state index in [0.29, 0.717) is 18.8 Å². The maximum absolute atomic E-state index is 10.3. The van der Waals surface area contributed by atoms with Crippen LogP contribution in [0, 0.1) is 0 Å². The lowest BCUT2D eigenvalue weighted by Crippen LogP contribution is -2.34. The van der Waals surface area contributed by atoms with Crippen molar-refractivity contribution in [3.63, 3.8) is 0 Å². The van der Waals surface area contributed by atoms with Gasteiger partial charge in [-0.05, 0) is 19.1 Å². The topological polar surface area (TPSA) is 58.3 Å². The smallest absolute Gasteiger partial charge is 0.136 e. The van der Waals surface area contributed by atoms with Crippen molar-refractivity contribution in [2.45, 2.75) is 45.3 Å². The predicted octanol–water partition coefficient (Wildman–Crippen LogP) is 3.03. The van der Waals surface area contributed by atoms with Crippen molar-refractivity contribution in [3.05, 3.63) is 40.2 Å². The van der Waals surface area contributed by atoms with Crippen molar-refractivity contribution in [3.8, 4) is 0 Å². The number of rotatable bonds is 5. The van der Waals surface area contributed by atoms with Gasteiger partial charge in [0.15, 0.2) is 0 Å². The van der Waals surface area contributed by atoms with E-state index in [1.54, 1.807) is 36.7 Å². The van der Waals surface area contributed by atoms with E-state index in [1.165, 1.54) is 0 Å². The van der Waals surface area contributed by atoms with Crippen LogP contribution in [0.25, 0.3) is 0 Å². The van der Waals surface area contributed by atoms with Gasteiger partial charge >= 0.3 is 0 Å². The molecule has 0 bridgehead atoms. The molecule has 0 saturated carbocycles. The van der Waals surface area contributed by atoms with Gasteiger partial charge in [0, 0.05) is 23.9 Å². The highest BCUT2D eigenvalue weighted by atomic mass is 32.1. The molecule has 2 aromatic heterocycles. The van der Waals surface area contributed by atoms with Gasteiger partial charge in [0.25, 0.3) is 0 Å². The van der Waals surface area contributed by atoms with Crippen LogP contribution in [0.2, 0.25) is 0 Å². The summed E-state index contributed by atoms with van der Waals surface area (Å²) in [6, 6.07) is 3.56. The summed E-state index contributed by atoms with van der Waals surface area (Å²) in [5.41, 5.74) is 0.0877. The summed E-state index contributed by atoms with van der Waals surface area (Å²) in [5.74, 6) is 0.568. The molecular weight excluding hydrogens is 272 g/mol. The summed E-state index contributed by atoms with van der Waals surface area (Å²) in [7, 11) is 0. The van der Waals surface area contributed by atoms with E-state index in [4.69, 9.17) is 4.42 Å². The molecule has 0 amide bonds. The number of nitrogens with zero attached hydrogens (tertiary/aromatic N) is 1. The maximum atomic E-state index is 10.3. The number of nitrogens with one attached hydrogen (secondary N) is 1. The van der Waals surface area contributed by atoms with Crippen molar-refractivity contribution in [1.29, 1.82) is 0 Å². The predicted molar refractivity (Wildman–Crippen MR) is 80.8 cm³/mol. The van der Waals surface area contributed by atoms with Crippen molar-refractivity contribution in [1.82, 2.24) is 10.3 Å². The fourth-order valence-corrected chi connectivity index (χ4v) is 2.75. The minimum absolute atomic E-state index is 0.0859. The average Bonchev–Trinajstić information content (AvgIpc) is 2.99. The van der Waals surface area contributed by atoms with Gasteiger partial charge in [0.05, 0.1) is 17.0 Å². The third kappa shape index (κ3) is 3.69. The zero-order chi connectivity index (χ0) is 14.8. The highest BCUT2D eigenvalue weighted by Crippen LogP contribution is 2.25. The Balaban J connectivity index is 1.89. The monoisotopic (exact) mass is 294 g/mol. The molecule has 110 valence electrons. The normalized spacial score (nSPS) is 15.2. The SMILES string of the molecule is CC(C)(C)c1nc(CNCC(C)(O)c2ccco2)cs1. The van der Waals surface area contributed by atoms with Crippen LogP contribution in [0.4, 0.5) is 0 Å². The average molecular weight is 294 g/mol. The fraction of sp³-hybridized carbons (Fsp3) is 0.533. The molecular formula is C15H22N2O2S. The molecule has 20 heavy (non-hydrogen) atoms. The lowest BCUT2D eigenvalue weighted by Gasteiger charge is -2.21. The van der Waals surface area contributed by atoms with Gasteiger partial charge in [-0.1, -0.05) is 20.8 Å². The molecule has 1 unspecified atom stereocenters. The van der Waals surface area contributed by atoms with Gasteiger partial charge in [-0.3, -0.25) is 0 Å². The Morgan fingerprint density at radius 2 is 2.10 bits per heavy atom. The Labute approximate surface area is 123 Å². The van der Waals surface area contributed by atoms with E-state index in [-0.39, 0.29) is 5.41 Å². The third-order valence-electron chi connectivity index (χ3n) is 3.02. The number of aromatic nitrogens is 1. The van der Waals surface area contributed by atoms with E-state index in [0.717, 1.165) is 10.7 Å². The number of hydrogen-bond acceptors (Lipinski definition) is 5. The van der Waals surface area contributed by atoms with Crippen LogP contribution in [0.5, 0.6) is 0 Å². The Hall–Kier alpha value is -1.17. The Bertz CT molecular complexity index is 538. The number of aliphatic hydroxyl groups is 1. The van der Waals surface area contributed by atoms with Gasteiger partial charge in [-0.25, -0.2) is 4.98 Å². The fourth-order valence-electron chi connectivity index (χ4n) is 1.84. The van der Waals surface area contributed by atoms with Crippen LogP contribution in [0.3, 0.4) is 0 Å². The van der Waals surface area contributed by atoms with Crippen LogP contribution < -0.4 is 5.32 Å². The lowest BCUT2D eigenvalue weighted by molar-refractivity contribution is 0.0340. The number of furan rings is 1. The molecule has 0 aliphatic carbocycles. The summed E-state index contributed by atoms with van der Waals surface area (Å²) in [6.07, 6.45) is 1.57. The molecule has 5 heteroatoms. The zero-order valence-electron chi connectivity index (χ0n) is 12.4. The van der Waals surface area contributed by atoms with Crippen molar-refractivity contribution >= 4 is 11.3 Å². The minimum atomic E-state index is -1.01. The molecule has 2 N–H and O–H groups in total. The van der Waals surface area contributed by atoms with Crippen molar-refractivity contribution < 1.29 is 9.52 Å². The molecule has 0 fully saturated rings. The molecule has 2 rings (SSSR count). The molecule has 0 saturated heterocycles. The van der Waals surface area contributed by atoms with Gasteiger partial charge in [0.2, 0.25) is 0 Å². The Morgan fingerprint density at radius 3 is 2.65 bits per heavy atom. The largest absolute Gasteiger partial charge is 0.466 e. The van der Waals surface area contributed by atoms with Crippen LogP contribution in [-0.4, -0.2) is 16.6 Å². The van der Waals surface area contributed by atoms with E-state index < -0.39 is 5.60 Å². The standard InChI is InChI=1S/C15H22N2O2S/c1-14(2,3)13-17-11(9-20-13)8-16-10-15(4,18)12-6-5-7-19-12/h5-7,9,16,18H,8,10H2,1-4H3. The van der Waals surface area contributed by atoms with Gasteiger partial charge < -0.3 is 14.8 Å². The molecule has 4 nitrogen and oxygen atoms in total. The summed E-state index contributed by atoms with van der Waals surface area (Å²) in [4.78, 5) is 4.61. The molecule has 1 atom stereocenters. The van der Waals surface area contributed by atoms with Crippen LogP contribution >= 0.6 is 11.3 Å². The summed E-state index contributed by atoms with van der Waals surface area (Å²) >= 11 is 1.68. The lowest BCUT2D eigenvalue weighted by atomic mass is 9.98. The Morgan fingerprint density at radius 1 is 1.35 bits per heavy atom. The molecule has 0 spiro atoms. The first-order chi connectivity index (χ1) is 9.29. The minimum Gasteiger partial charge on any atom is -0.466 e. The van der Waals surface area contributed by atoms with E-state index in [9.17, 15) is 5.11 Å². The highest BCUT2D eigenvalue weighted by molar-refractivity contribution is 7.09. The third-order valence-corrected chi connectivity index (χ3v) is 4.34. The van der Waals surface area contributed by atoms with E-state index in [1.807, 2.05) is 0 Å². The zero-order valence-corrected chi connectivity index (χ0v) is 13.3. The highest BCUT2D eigenvalue weighted by Gasteiger charge is 2.25. The van der Waals surface area contributed by atoms with Crippen molar-refractivity contribution in [2.75, 3.05) is 6.54 Å². The first-order valence-electron chi connectivity index (χ1n) is 6.71. The van der Waals surface area contributed by atoms with Gasteiger partial charge in [-0.2, -0.15) is 0 Å². The van der Waals surface area contributed by atoms with Crippen LogP contribution in [0.1, 0.15) is 44.2 Å². The second kappa shape index (κ2) is 5.68. The molecule has 0 aliphatic heterocycles. The molecule has 0 radical (unpaired) electrons. The van der Waals surface area contributed by atoms with Gasteiger partial charge in [-0.15, -0.1) is 11.3 Å². The molecule has 2 heterocycles. The summed E-state index contributed by atoms with van der Waals surface area (Å²) in [6.45, 7) is 9.27. The second-order valence-electron chi connectivity index (χ2n) is 6.25. The molecule has 0 aromatic carbocycles. The number of hydrogen-bond donors (Lipinski definition) is 2. The van der Waals surface area contributed by atoms with Crippen LogP contribution in [-0.2, 0) is 17.6 Å². The molecule has 2 aromatic rings. The first kappa shape index (κ1) is 15.2. The quantitative estimate of drug-likeness (QED) is 0.890. The van der Waals surface area contributed by atoms with E-state index in [2.05, 4.69) is 36.5 Å². The molecule has 0 aliphatic rings. The Kier molecular flexibility index (Phi) is 4.32. The maximum Gasteiger partial charge on any atom is 0.136 e. The summed E-state index contributed by atoms with van der Waals surface area (Å²) < 4.78 is 5.25. The van der Waals surface area contributed by atoms with Gasteiger partial charge in [0.1, 0.15) is 11.4 Å². The van der Waals surface area contributed by atoms with E-state index >= 15 is 0 Å². The number of thiazole rings is 1. The first-order valence-corrected chi connectivity index (χ1v) is 7.59. The van der Waals surface area contributed by atoms with Crippen molar-refractivity contribution in [2.24, 2.45) is 0 Å². The van der Waals surface area contributed by atoms with Crippen LogP contribution in [0.15, 0.2) is 28.2 Å².